The highest BCUT2D eigenvalue weighted by molar-refractivity contribution is 7.99. The molecule has 1 aromatic carbocycles. The van der Waals surface area contributed by atoms with Crippen LogP contribution < -0.4 is 0 Å². The zero-order valence-corrected chi connectivity index (χ0v) is 10.7. The molecule has 1 atom stereocenters. The van der Waals surface area contributed by atoms with E-state index in [0.29, 0.717) is 0 Å². The Morgan fingerprint density at radius 3 is 3.12 bits per heavy atom. The number of thioether (sulfide) groups is 2. The van der Waals surface area contributed by atoms with Crippen molar-refractivity contribution in [3.8, 4) is 0 Å². The van der Waals surface area contributed by atoms with E-state index in [2.05, 4.69) is 24.5 Å². The third-order valence-electron chi connectivity index (χ3n) is 2.81. The van der Waals surface area contributed by atoms with Gasteiger partial charge in [-0.05, 0) is 42.0 Å². The number of aliphatic carboxylic acids is 1. The maximum absolute atomic E-state index is 10.8. The van der Waals surface area contributed by atoms with E-state index in [1.54, 1.807) is 11.8 Å². The molecule has 1 unspecified atom stereocenters. The van der Waals surface area contributed by atoms with Crippen molar-refractivity contribution in [3.63, 3.8) is 0 Å². The summed E-state index contributed by atoms with van der Waals surface area (Å²) in [5.41, 5.74) is 1.22. The van der Waals surface area contributed by atoms with Gasteiger partial charge in [0.25, 0.3) is 0 Å². The monoisotopic (exact) mass is 254 g/mol. The van der Waals surface area contributed by atoms with Gasteiger partial charge in [0.2, 0.25) is 0 Å². The van der Waals surface area contributed by atoms with Crippen LogP contribution in [0, 0.1) is 0 Å². The third-order valence-corrected chi connectivity index (χ3v) is 4.64. The van der Waals surface area contributed by atoms with Crippen molar-refractivity contribution < 1.29 is 9.90 Å². The molecule has 0 aliphatic carbocycles. The minimum atomic E-state index is -0.697. The van der Waals surface area contributed by atoms with Gasteiger partial charge in [0.15, 0.2) is 0 Å². The highest BCUT2D eigenvalue weighted by Gasteiger charge is 2.22. The largest absolute Gasteiger partial charge is 0.481 e. The van der Waals surface area contributed by atoms with Gasteiger partial charge in [0, 0.05) is 9.79 Å². The number of carboxylic acid groups (broad SMARTS) is 1. The van der Waals surface area contributed by atoms with E-state index in [1.807, 2.05) is 11.8 Å². The summed E-state index contributed by atoms with van der Waals surface area (Å²) in [6.45, 7) is 0. The molecule has 0 saturated heterocycles. The van der Waals surface area contributed by atoms with E-state index in [9.17, 15) is 4.79 Å². The average Bonchev–Trinajstić information content (AvgIpc) is 2.28. The molecule has 4 heteroatoms. The molecular formula is C12H14O2S2. The van der Waals surface area contributed by atoms with Crippen LogP contribution in [0.1, 0.15) is 24.3 Å². The van der Waals surface area contributed by atoms with Crippen LogP contribution in [-0.4, -0.2) is 23.1 Å². The molecule has 1 heterocycles. The number of hydrogen-bond acceptors (Lipinski definition) is 3. The lowest BCUT2D eigenvalue weighted by Crippen LogP contribution is -2.11. The first-order chi connectivity index (χ1) is 7.70. The number of rotatable bonds is 3. The molecule has 1 N–H and O–H groups in total. The van der Waals surface area contributed by atoms with Gasteiger partial charge in [-0.3, -0.25) is 4.79 Å². The molecule has 0 bridgehead atoms. The minimum Gasteiger partial charge on any atom is -0.481 e. The van der Waals surface area contributed by atoms with Crippen molar-refractivity contribution in [1.82, 2.24) is 0 Å². The van der Waals surface area contributed by atoms with E-state index in [-0.39, 0.29) is 12.3 Å². The predicted molar refractivity (Wildman–Crippen MR) is 68.6 cm³/mol. The number of fused-ring (bicyclic) bond motifs is 1. The molecule has 0 fully saturated rings. The second-order valence-corrected chi connectivity index (χ2v) is 5.85. The Hall–Kier alpha value is -0.610. The van der Waals surface area contributed by atoms with Gasteiger partial charge in [0.1, 0.15) is 0 Å². The van der Waals surface area contributed by atoms with E-state index >= 15 is 0 Å². The van der Waals surface area contributed by atoms with Crippen LogP contribution in [0.2, 0.25) is 0 Å². The zero-order valence-electron chi connectivity index (χ0n) is 9.10. The van der Waals surface area contributed by atoms with Gasteiger partial charge in [-0.25, -0.2) is 0 Å². The van der Waals surface area contributed by atoms with Crippen molar-refractivity contribution in [2.24, 2.45) is 0 Å². The summed E-state index contributed by atoms with van der Waals surface area (Å²) in [5, 5.41) is 8.88. The van der Waals surface area contributed by atoms with Crippen molar-refractivity contribution in [2.45, 2.75) is 28.6 Å². The Kier molecular flexibility index (Phi) is 3.82. The van der Waals surface area contributed by atoms with Crippen LogP contribution in [-0.2, 0) is 4.79 Å². The standard InChI is InChI=1S/C12H14O2S2/c1-15-9-2-3-10-8(6-12(13)14)4-5-16-11(10)7-9/h2-3,7-8H,4-6H2,1H3,(H,13,14). The fourth-order valence-electron chi connectivity index (χ4n) is 1.99. The first-order valence-electron chi connectivity index (χ1n) is 5.23. The Morgan fingerprint density at radius 2 is 2.44 bits per heavy atom. The van der Waals surface area contributed by atoms with E-state index in [0.717, 1.165) is 12.2 Å². The van der Waals surface area contributed by atoms with Crippen LogP contribution in [0.15, 0.2) is 28.0 Å². The molecule has 16 heavy (non-hydrogen) atoms. The van der Waals surface area contributed by atoms with Crippen molar-refractivity contribution >= 4 is 29.5 Å². The van der Waals surface area contributed by atoms with E-state index < -0.39 is 5.97 Å². The summed E-state index contributed by atoms with van der Waals surface area (Å²) >= 11 is 3.57. The highest BCUT2D eigenvalue weighted by atomic mass is 32.2. The first kappa shape index (κ1) is 11.9. The molecule has 0 aromatic heterocycles. The zero-order chi connectivity index (χ0) is 11.5. The van der Waals surface area contributed by atoms with Crippen LogP contribution in [0.3, 0.4) is 0 Å². The van der Waals surface area contributed by atoms with Crippen molar-refractivity contribution in [1.29, 1.82) is 0 Å². The van der Waals surface area contributed by atoms with E-state index in [4.69, 9.17) is 5.11 Å². The molecular weight excluding hydrogens is 240 g/mol. The summed E-state index contributed by atoms with van der Waals surface area (Å²) in [6, 6.07) is 6.36. The smallest absolute Gasteiger partial charge is 0.303 e. The van der Waals surface area contributed by atoms with Gasteiger partial charge in [-0.15, -0.1) is 23.5 Å². The second-order valence-electron chi connectivity index (χ2n) is 3.84. The molecule has 1 aliphatic heterocycles. The van der Waals surface area contributed by atoms with Crippen LogP contribution >= 0.6 is 23.5 Å². The highest BCUT2D eigenvalue weighted by Crippen LogP contribution is 2.40. The van der Waals surface area contributed by atoms with Gasteiger partial charge in [-0.2, -0.15) is 0 Å². The molecule has 0 saturated carbocycles. The Balaban J connectivity index is 2.28. The molecule has 1 aliphatic rings. The number of hydrogen-bond donors (Lipinski definition) is 1. The Morgan fingerprint density at radius 1 is 1.62 bits per heavy atom. The summed E-state index contributed by atoms with van der Waals surface area (Å²) < 4.78 is 0. The summed E-state index contributed by atoms with van der Waals surface area (Å²) in [4.78, 5) is 13.3. The van der Waals surface area contributed by atoms with Gasteiger partial charge >= 0.3 is 5.97 Å². The van der Waals surface area contributed by atoms with Gasteiger partial charge in [-0.1, -0.05) is 6.07 Å². The van der Waals surface area contributed by atoms with Gasteiger partial charge < -0.3 is 5.11 Å². The Labute approximate surface area is 104 Å². The maximum Gasteiger partial charge on any atom is 0.303 e. The number of carbonyl (C=O) groups is 1. The Bertz CT molecular complexity index is 404. The molecule has 2 nitrogen and oxygen atoms in total. The predicted octanol–water partition coefficient (Wildman–Crippen LogP) is 3.46. The van der Waals surface area contributed by atoms with Crippen LogP contribution in [0.4, 0.5) is 0 Å². The lowest BCUT2D eigenvalue weighted by molar-refractivity contribution is -0.137. The molecule has 0 amide bonds. The SMILES string of the molecule is CSc1ccc2c(c1)SCCC2CC(=O)O. The number of benzene rings is 1. The second kappa shape index (κ2) is 5.15. The van der Waals surface area contributed by atoms with Crippen molar-refractivity contribution in [3.05, 3.63) is 23.8 Å². The topological polar surface area (TPSA) is 37.3 Å². The molecule has 2 rings (SSSR count). The van der Waals surface area contributed by atoms with Gasteiger partial charge in [0.05, 0.1) is 6.42 Å². The quantitative estimate of drug-likeness (QED) is 0.838. The third kappa shape index (κ3) is 2.55. The molecule has 1 aromatic rings. The first-order valence-corrected chi connectivity index (χ1v) is 7.44. The molecule has 86 valence electrons. The van der Waals surface area contributed by atoms with Crippen LogP contribution in [0.25, 0.3) is 0 Å². The average molecular weight is 254 g/mol. The normalized spacial score (nSPS) is 19.2. The summed E-state index contributed by atoms with van der Waals surface area (Å²) in [5.74, 6) is 0.532. The maximum atomic E-state index is 10.8. The van der Waals surface area contributed by atoms with Crippen LogP contribution in [0.5, 0.6) is 0 Å². The summed E-state index contributed by atoms with van der Waals surface area (Å²) in [6.07, 6.45) is 3.29. The fourth-order valence-corrected chi connectivity index (χ4v) is 3.74. The molecule has 0 spiro atoms. The van der Waals surface area contributed by atoms with E-state index in [1.165, 1.54) is 15.4 Å². The lowest BCUT2D eigenvalue weighted by Gasteiger charge is -2.24. The fraction of sp³-hybridized carbons (Fsp3) is 0.417. The minimum absolute atomic E-state index is 0.199. The van der Waals surface area contributed by atoms with Crippen molar-refractivity contribution in [2.75, 3.05) is 12.0 Å². The lowest BCUT2D eigenvalue weighted by atomic mass is 9.93. The molecule has 0 radical (unpaired) electrons. The number of carboxylic acids is 1. The summed E-state index contributed by atoms with van der Waals surface area (Å²) in [7, 11) is 0.